The van der Waals surface area contributed by atoms with Crippen LogP contribution >= 0.6 is 0 Å². The van der Waals surface area contributed by atoms with Crippen LogP contribution in [0.5, 0.6) is 0 Å². The summed E-state index contributed by atoms with van der Waals surface area (Å²) in [6.45, 7) is 6.78. The van der Waals surface area contributed by atoms with E-state index in [1.165, 1.54) is 11.3 Å². The summed E-state index contributed by atoms with van der Waals surface area (Å²) in [6, 6.07) is 8.63. The molecule has 0 amide bonds. The fourth-order valence-electron chi connectivity index (χ4n) is 1.85. The van der Waals surface area contributed by atoms with Crippen LogP contribution in [-0.2, 0) is 6.42 Å². The third-order valence-corrected chi connectivity index (χ3v) is 2.45. The fourth-order valence-corrected chi connectivity index (χ4v) is 1.85. The van der Waals surface area contributed by atoms with Gasteiger partial charge in [0, 0.05) is 18.1 Å². The molecule has 1 aromatic carbocycles. The van der Waals surface area contributed by atoms with Crippen molar-refractivity contribution in [2.24, 2.45) is 5.41 Å². The van der Waals surface area contributed by atoms with Crippen molar-refractivity contribution in [3.8, 4) is 5.69 Å². The minimum Gasteiger partial charge on any atom is -0.306 e. The van der Waals surface area contributed by atoms with Gasteiger partial charge < -0.3 is 4.57 Å². The minimum atomic E-state index is 0.327. The van der Waals surface area contributed by atoms with Crippen LogP contribution < -0.4 is 0 Å². The van der Waals surface area contributed by atoms with E-state index in [2.05, 4.69) is 50.0 Å². The van der Waals surface area contributed by atoms with Gasteiger partial charge in [0.05, 0.1) is 6.33 Å². The Labute approximate surface area is 97.0 Å². The molecule has 0 spiro atoms. The van der Waals surface area contributed by atoms with Crippen LogP contribution in [0.25, 0.3) is 5.69 Å². The molecule has 0 fully saturated rings. The van der Waals surface area contributed by atoms with Crippen molar-refractivity contribution < 1.29 is 0 Å². The van der Waals surface area contributed by atoms with E-state index in [0.717, 1.165) is 6.42 Å². The van der Waals surface area contributed by atoms with E-state index in [0.29, 0.717) is 5.41 Å². The van der Waals surface area contributed by atoms with Crippen LogP contribution in [0.1, 0.15) is 26.3 Å². The second-order valence-corrected chi connectivity index (χ2v) is 5.38. The molecular formula is C14H18N2. The Balaban J connectivity index is 2.27. The predicted molar refractivity (Wildman–Crippen MR) is 66.7 cm³/mol. The van der Waals surface area contributed by atoms with Gasteiger partial charge in [0.2, 0.25) is 0 Å². The summed E-state index contributed by atoms with van der Waals surface area (Å²) in [5.74, 6) is 0. The summed E-state index contributed by atoms with van der Waals surface area (Å²) < 4.78 is 2.03. The van der Waals surface area contributed by atoms with E-state index in [1.807, 2.05) is 17.1 Å². The zero-order valence-electron chi connectivity index (χ0n) is 10.1. The van der Waals surface area contributed by atoms with Crippen molar-refractivity contribution in [1.29, 1.82) is 0 Å². The quantitative estimate of drug-likeness (QED) is 0.748. The Bertz CT molecular complexity index is 450. The Hall–Kier alpha value is -1.57. The lowest BCUT2D eigenvalue weighted by Crippen LogP contribution is -2.09. The first kappa shape index (κ1) is 10.9. The van der Waals surface area contributed by atoms with Crippen molar-refractivity contribution in [1.82, 2.24) is 9.55 Å². The minimum absolute atomic E-state index is 0.327. The molecule has 0 saturated heterocycles. The van der Waals surface area contributed by atoms with Crippen LogP contribution in [0.3, 0.4) is 0 Å². The largest absolute Gasteiger partial charge is 0.306 e. The molecule has 2 aromatic rings. The van der Waals surface area contributed by atoms with Gasteiger partial charge in [-0.2, -0.15) is 0 Å². The molecule has 0 atom stereocenters. The molecular weight excluding hydrogens is 196 g/mol. The van der Waals surface area contributed by atoms with E-state index in [4.69, 9.17) is 0 Å². The van der Waals surface area contributed by atoms with Gasteiger partial charge >= 0.3 is 0 Å². The average molecular weight is 214 g/mol. The molecule has 1 heterocycles. The third-order valence-electron chi connectivity index (χ3n) is 2.45. The normalized spacial score (nSPS) is 11.7. The topological polar surface area (TPSA) is 17.8 Å². The molecule has 2 rings (SSSR count). The molecule has 0 aliphatic carbocycles. The van der Waals surface area contributed by atoms with Gasteiger partial charge in [0.25, 0.3) is 0 Å². The highest BCUT2D eigenvalue weighted by Crippen LogP contribution is 2.21. The lowest BCUT2D eigenvalue weighted by atomic mass is 9.88. The summed E-state index contributed by atoms with van der Waals surface area (Å²) in [6.07, 6.45) is 6.69. The zero-order valence-corrected chi connectivity index (χ0v) is 10.1. The summed E-state index contributed by atoms with van der Waals surface area (Å²) in [7, 11) is 0. The lowest BCUT2D eigenvalue weighted by Gasteiger charge is -2.18. The summed E-state index contributed by atoms with van der Waals surface area (Å²) >= 11 is 0. The standard InChI is InChI=1S/C14H18N2/c1-14(2,3)10-12-5-4-6-13(9-12)16-8-7-15-11-16/h4-9,11H,10H2,1-3H3. The molecule has 2 nitrogen and oxygen atoms in total. The van der Waals surface area contributed by atoms with Crippen LogP contribution in [0.15, 0.2) is 43.0 Å². The third kappa shape index (κ3) is 2.72. The molecule has 0 N–H and O–H groups in total. The van der Waals surface area contributed by atoms with E-state index in [9.17, 15) is 0 Å². The van der Waals surface area contributed by atoms with E-state index >= 15 is 0 Å². The maximum absolute atomic E-state index is 4.07. The van der Waals surface area contributed by atoms with Gasteiger partial charge in [-0.1, -0.05) is 32.9 Å². The maximum atomic E-state index is 4.07. The molecule has 0 aliphatic heterocycles. The van der Waals surface area contributed by atoms with Crippen LogP contribution in [0.2, 0.25) is 0 Å². The molecule has 0 radical (unpaired) electrons. The van der Waals surface area contributed by atoms with Crippen molar-refractivity contribution in [2.45, 2.75) is 27.2 Å². The molecule has 0 aliphatic rings. The summed E-state index contributed by atoms with van der Waals surface area (Å²) in [5.41, 5.74) is 2.88. The number of imidazole rings is 1. The summed E-state index contributed by atoms with van der Waals surface area (Å²) in [5, 5.41) is 0. The SMILES string of the molecule is CC(C)(C)Cc1cccc(-n2ccnc2)c1. The van der Waals surface area contributed by atoms with E-state index in [1.54, 1.807) is 6.20 Å². The first-order valence-electron chi connectivity index (χ1n) is 5.62. The highest BCUT2D eigenvalue weighted by atomic mass is 15.0. The zero-order chi connectivity index (χ0) is 11.6. The van der Waals surface area contributed by atoms with E-state index < -0.39 is 0 Å². The first-order valence-corrected chi connectivity index (χ1v) is 5.62. The second-order valence-electron chi connectivity index (χ2n) is 5.38. The number of rotatable bonds is 2. The molecule has 0 saturated carbocycles. The highest BCUT2D eigenvalue weighted by molar-refractivity contribution is 5.36. The van der Waals surface area contributed by atoms with Gasteiger partial charge in [-0.25, -0.2) is 4.98 Å². The Morgan fingerprint density at radius 2 is 2.06 bits per heavy atom. The van der Waals surface area contributed by atoms with E-state index in [-0.39, 0.29) is 0 Å². The fraction of sp³-hybridized carbons (Fsp3) is 0.357. The average Bonchev–Trinajstić information content (AvgIpc) is 2.68. The Kier molecular flexibility index (Phi) is 2.82. The molecule has 0 bridgehead atoms. The van der Waals surface area contributed by atoms with Crippen molar-refractivity contribution in [3.63, 3.8) is 0 Å². The van der Waals surface area contributed by atoms with Gasteiger partial charge in [0.1, 0.15) is 0 Å². The molecule has 0 unspecified atom stereocenters. The maximum Gasteiger partial charge on any atom is 0.0991 e. The number of hydrogen-bond donors (Lipinski definition) is 0. The molecule has 1 aromatic heterocycles. The second kappa shape index (κ2) is 4.12. The van der Waals surface area contributed by atoms with Crippen molar-refractivity contribution in [3.05, 3.63) is 48.5 Å². The first-order chi connectivity index (χ1) is 7.54. The molecule has 16 heavy (non-hydrogen) atoms. The number of nitrogens with zero attached hydrogens (tertiary/aromatic N) is 2. The molecule has 2 heteroatoms. The van der Waals surface area contributed by atoms with Crippen LogP contribution in [-0.4, -0.2) is 9.55 Å². The Morgan fingerprint density at radius 1 is 1.25 bits per heavy atom. The van der Waals surface area contributed by atoms with Gasteiger partial charge in [-0.15, -0.1) is 0 Å². The lowest BCUT2D eigenvalue weighted by molar-refractivity contribution is 0.411. The predicted octanol–water partition coefficient (Wildman–Crippen LogP) is 3.46. The van der Waals surface area contributed by atoms with Crippen molar-refractivity contribution in [2.75, 3.05) is 0 Å². The van der Waals surface area contributed by atoms with Gasteiger partial charge in [0.15, 0.2) is 0 Å². The number of benzene rings is 1. The highest BCUT2D eigenvalue weighted by Gasteiger charge is 2.11. The Morgan fingerprint density at radius 3 is 2.69 bits per heavy atom. The number of hydrogen-bond acceptors (Lipinski definition) is 1. The van der Waals surface area contributed by atoms with Crippen molar-refractivity contribution >= 4 is 0 Å². The smallest absolute Gasteiger partial charge is 0.0991 e. The molecule has 84 valence electrons. The van der Waals surface area contributed by atoms with Crippen LogP contribution in [0, 0.1) is 5.41 Å². The summed E-state index contributed by atoms with van der Waals surface area (Å²) in [4.78, 5) is 4.07. The van der Waals surface area contributed by atoms with Gasteiger partial charge in [-0.3, -0.25) is 0 Å². The number of aromatic nitrogens is 2. The monoisotopic (exact) mass is 214 g/mol. The van der Waals surface area contributed by atoms with Crippen LogP contribution in [0.4, 0.5) is 0 Å². The van der Waals surface area contributed by atoms with Gasteiger partial charge in [-0.05, 0) is 29.5 Å².